The molecule has 0 bridgehead atoms. The molecule has 1 amide bonds. The van der Waals surface area contributed by atoms with Gasteiger partial charge in [0.2, 0.25) is 0 Å². The van der Waals surface area contributed by atoms with Gasteiger partial charge in [0.05, 0.1) is 16.6 Å². The molecule has 0 aliphatic rings. The van der Waals surface area contributed by atoms with Crippen molar-refractivity contribution in [3.05, 3.63) is 69.3 Å². The molecule has 0 spiro atoms. The van der Waals surface area contributed by atoms with E-state index in [1.807, 2.05) is 19.9 Å². The first-order valence-electron chi connectivity index (χ1n) is 7.44. The van der Waals surface area contributed by atoms with Crippen LogP contribution in [-0.2, 0) is 0 Å². The fraction of sp³-hybridized carbons (Fsp3) is 0.222. The summed E-state index contributed by atoms with van der Waals surface area (Å²) in [5, 5.41) is 20.0. The number of nitriles is 1. The smallest absolute Gasteiger partial charge is 0.270 e. The number of anilines is 1. The van der Waals surface area contributed by atoms with Gasteiger partial charge in [-0.05, 0) is 44.5 Å². The van der Waals surface area contributed by atoms with Gasteiger partial charge in [-0.2, -0.15) is 5.26 Å². The quantitative estimate of drug-likeness (QED) is 0.632. The maximum Gasteiger partial charge on any atom is 0.270 e. The Morgan fingerprint density at radius 1 is 1.25 bits per heavy atom. The van der Waals surface area contributed by atoms with Crippen LogP contribution >= 0.6 is 0 Å². The van der Waals surface area contributed by atoms with Crippen LogP contribution in [0.25, 0.3) is 0 Å². The number of non-ortho nitro benzene ring substituents is 1. The molecule has 6 nitrogen and oxygen atoms in total. The Hall–Kier alpha value is -3.20. The topological polar surface area (TPSA) is 87.2 Å². The van der Waals surface area contributed by atoms with Gasteiger partial charge in [0, 0.05) is 29.4 Å². The highest BCUT2D eigenvalue weighted by Crippen LogP contribution is 2.25. The minimum absolute atomic E-state index is 0.126. The second-order valence-corrected chi connectivity index (χ2v) is 5.69. The molecule has 0 atom stereocenters. The number of hydrogen-bond donors (Lipinski definition) is 0. The molecule has 0 aromatic heterocycles. The van der Waals surface area contributed by atoms with E-state index >= 15 is 0 Å². The molecule has 0 saturated carbocycles. The van der Waals surface area contributed by atoms with E-state index in [1.165, 1.54) is 17.0 Å². The minimum Gasteiger partial charge on any atom is -0.306 e. The van der Waals surface area contributed by atoms with Crippen molar-refractivity contribution in [2.45, 2.75) is 26.8 Å². The number of hydrogen-bond acceptors (Lipinski definition) is 4. The molecule has 0 saturated heterocycles. The Morgan fingerprint density at radius 2 is 1.96 bits per heavy atom. The Balaban J connectivity index is 2.53. The Kier molecular flexibility index (Phi) is 4.95. The van der Waals surface area contributed by atoms with Crippen LogP contribution in [0.4, 0.5) is 11.4 Å². The Bertz CT molecular complexity index is 838. The van der Waals surface area contributed by atoms with Crippen molar-refractivity contribution in [1.82, 2.24) is 0 Å². The molecule has 0 heterocycles. The van der Waals surface area contributed by atoms with E-state index in [2.05, 4.69) is 0 Å². The van der Waals surface area contributed by atoms with Crippen LogP contribution < -0.4 is 4.90 Å². The van der Waals surface area contributed by atoms with Gasteiger partial charge in [0.15, 0.2) is 0 Å². The lowest BCUT2D eigenvalue weighted by atomic mass is 10.0. The number of benzene rings is 2. The summed E-state index contributed by atoms with van der Waals surface area (Å²) < 4.78 is 0. The van der Waals surface area contributed by atoms with E-state index in [1.54, 1.807) is 37.3 Å². The van der Waals surface area contributed by atoms with E-state index in [4.69, 9.17) is 5.26 Å². The van der Waals surface area contributed by atoms with Gasteiger partial charge in [0.25, 0.3) is 11.6 Å². The highest BCUT2D eigenvalue weighted by molar-refractivity contribution is 6.07. The number of nitro benzene ring substituents is 1. The number of aryl methyl sites for hydroxylation is 1. The SMILES string of the molecule is Cc1ccc([N+](=O)[O-])cc1C(=O)N(c1cccc(C#N)c1)C(C)C. The Morgan fingerprint density at radius 3 is 2.54 bits per heavy atom. The summed E-state index contributed by atoms with van der Waals surface area (Å²) in [5.74, 6) is -0.332. The molecule has 24 heavy (non-hydrogen) atoms. The van der Waals surface area contributed by atoms with Crippen molar-refractivity contribution in [2.75, 3.05) is 4.90 Å². The molecule has 0 aliphatic heterocycles. The molecular formula is C18H17N3O3. The third-order valence-corrected chi connectivity index (χ3v) is 3.65. The molecule has 0 radical (unpaired) electrons. The highest BCUT2D eigenvalue weighted by Gasteiger charge is 2.24. The van der Waals surface area contributed by atoms with Crippen molar-refractivity contribution in [3.63, 3.8) is 0 Å². The molecule has 2 aromatic carbocycles. The molecule has 6 heteroatoms. The van der Waals surface area contributed by atoms with Gasteiger partial charge in [-0.1, -0.05) is 12.1 Å². The predicted molar refractivity (Wildman–Crippen MR) is 90.9 cm³/mol. The van der Waals surface area contributed by atoms with Crippen molar-refractivity contribution in [2.24, 2.45) is 0 Å². The fourth-order valence-electron chi connectivity index (χ4n) is 2.46. The molecule has 122 valence electrons. The van der Waals surface area contributed by atoms with Crippen LogP contribution in [0.5, 0.6) is 0 Å². The third kappa shape index (κ3) is 3.41. The van der Waals surface area contributed by atoms with E-state index < -0.39 is 4.92 Å². The number of carbonyl (C=O) groups is 1. The van der Waals surface area contributed by atoms with Gasteiger partial charge >= 0.3 is 0 Å². The van der Waals surface area contributed by atoms with Gasteiger partial charge in [-0.3, -0.25) is 14.9 Å². The van der Waals surface area contributed by atoms with E-state index in [0.29, 0.717) is 16.8 Å². The molecule has 0 aliphatic carbocycles. The second kappa shape index (κ2) is 6.92. The van der Waals surface area contributed by atoms with Crippen LogP contribution in [0, 0.1) is 28.4 Å². The maximum absolute atomic E-state index is 13.0. The lowest BCUT2D eigenvalue weighted by Gasteiger charge is -2.27. The van der Waals surface area contributed by atoms with Crippen LogP contribution in [0.2, 0.25) is 0 Å². The summed E-state index contributed by atoms with van der Waals surface area (Å²) in [6.07, 6.45) is 0. The van der Waals surface area contributed by atoms with Crippen molar-refractivity contribution >= 4 is 17.3 Å². The first kappa shape index (κ1) is 17.2. The highest BCUT2D eigenvalue weighted by atomic mass is 16.6. The van der Waals surface area contributed by atoms with E-state index in [-0.39, 0.29) is 23.2 Å². The fourth-order valence-corrected chi connectivity index (χ4v) is 2.46. The standard InChI is InChI=1S/C18H17N3O3/c1-12(2)20(15-6-4-5-14(9-15)11-19)18(22)17-10-16(21(23)24)8-7-13(17)3/h4-10,12H,1-3H3. The number of rotatable bonds is 4. The van der Waals surface area contributed by atoms with E-state index in [9.17, 15) is 14.9 Å². The zero-order valence-electron chi connectivity index (χ0n) is 13.7. The second-order valence-electron chi connectivity index (χ2n) is 5.69. The van der Waals surface area contributed by atoms with E-state index in [0.717, 1.165) is 0 Å². The molecule has 0 unspecified atom stereocenters. The summed E-state index contributed by atoms with van der Waals surface area (Å²) in [6, 6.07) is 12.8. The number of nitrogens with zero attached hydrogens (tertiary/aromatic N) is 3. The number of amides is 1. The molecule has 2 rings (SSSR count). The first-order valence-corrected chi connectivity index (χ1v) is 7.44. The largest absolute Gasteiger partial charge is 0.306 e. The molecule has 0 fully saturated rings. The molecule has 2 aromatic rings. The van der Waals surface area contributed by atoms with Gasteiger partial charge < -0.3 is 4.90 Å². The molecule has 0 N–H and O–H groups in total. The van der Waals surface area contributed by atoms with Gasteiger partial charge in [-0.25, -0.2) is 0 Å². The lowest BCUT2D eigenvalue weighted by Crippen LogP contribution is -2.37. The summed E-state index contributed by atoms with van der Waals surface area (Å²) in [6.45, 7) is 5.44. The summed E-state index contributed by atoms with van der Waals surface area (Å²) in [5.41, 5.74) is 1.84. The Labute approximate surface area is 140 Å². The van der Waals surface area contributed by atoms with Crippen LogP contribution in [-0.4, -0.2) is 16.9 Å². The van der Waals surface area contributed by atoms with Gasteiger partial charge in [-0.15, -0.1) is 0 Å². The zero-order chi connectivity index (χ0) is 17.9. The summed E-state index contributed by atoms with van der Waals surface area (Å²) in [7, 11) is 0. The predicted octanol–water partition coefficient (Wildman–Crippen LogP) is 3.83. The van der Waals surface area contributed by atoms with Crippen molar-refractivity contribution in [1.29, 1.82) is 5.26 Å². The molecular weight excluding hydrogens is 306 g/mol. The van der Waals surface area contributed by atoms with Crippen LogP contribution in [0.3, 0.4) is 0 Å². The summed E-state index contributed by atoms with van der Waals surface area (Å²) in [4.78, 5) is 25.0. The lowest BCUT2D eigenvalue weighted by molar-refractivity contribution is -0.384. The van der Waals surface area contributed by atoms with Crippen molar-refractivity contribution in [3.8, 4) is 6.07 Å². The number of carbonyl (C=O) groups excluding carboxylic acids is 1. The van der Waals surface area contributed by atoms with Gasteiger partial charge in [0.1, 0.15) is 0 Å². The monoisotopic (exact) mass is 323 g/mol. The normalized spacial score (nSPS) is 10.3. The van der Waals surface area contributed by atoms with Crippen LogP contribution in [0.15, 0.2) is 42.5 Å². The average Bonchev–Trinajstić information content (AvgIpc) is 2.55. The first-order chi connectivity index (χ1) is 11.3. The average molecular weight is 323 g/mol. The zero-order valence-corrected chi connectivity index (χ0v) is 13.7. The number of nitro groups is 1. The maximum atomic E-state index is 13.0. The summed E-state index contributed by atoms with van der Waals surface area (Å²) >= 11 is 0. The van der Waals surface area contributed by atoms with Crippen molar-refractivity contribution < 1.29 is 9.72 Å². The van der Waals surface area contributed by atoms with Crippen LogP contribution in [0.1, 0.15) is 35.3 Å². The minimum atomic E-state index is -0.522. The third-order valence-electron chi connectivity index (χ3n) is 3.65.